The largest absolute Gasteiger partial charge is 0.370 e. The zero-order chi connectivity index (χ0) is 16.6. The maximum Gasteiger partial charge on any atom is 0.225 e. The Morgan fingerprint density at radius 1 is 1.46 bits per heavy atom. The van der Waals surface area contributed by atoms with Gasteiger partial charge >= 0.3 is 0 Å². The molecule has 0 saturated carbocycles. The van der Waals surface area contributed by atoms with Gasteiger partial charge in [-0.3, -0.25) is 0 Å². The normalized spacial score (nSPS) is 26.6. The molecule has 2 aromatic heterocycles. The number of ether oxygens (including phenoxy) is 2. The molecular formula is C16H19FN4O2S. The summed E-state index contributed by atoms with van der Waals surface area (Å²) < 4.78 is 25.0. The molecule has 4 rings (SSSR count). The number of halogens is 1. The summed E-state index contributed by atoms with van der Waals surface area (Å²) in [5, 5.41) is 3.09. The molecule has 0 radical (unpaired) electrons. The summed E-state index contributed by atoms with van der Waals surface area (Å²) in [6.45, 7) is 4.64. The second kappa shape index (κ2) is 6.34. The van der Waals surface area contributed by atoms with Gasteiger partial charge in [-0.1, -0.05) is 0 Å². The maximum atomic E-state index is 13.0. The van der Waals surface area contributed by atoms with Gasteiger partial charge in [0.25, 0.3) is 0 Å². The van der Waals surface area contributed by atoms with Crippen LogP contribution in [0.3, 0.4) is 0 Å². The van der Waals surface area contributed by atoms with Crippen LogP contribution in [0.4, 0.5) is 10.3 Å². The number of aryl methyl sites for hydroxylation is 1. The van der Waals surface area contributed by atoms with Crippen molar-refractivity contribution in [1.82, 2.24) is 15.0 Å². The van der Waals surface area contributed by atoms with E-state index in [1.54, 1.807) is 11.3 Å². The number of rotatable bonds is 4. The number of anilines is 1. The van der Waals surface area contributed by atoms with E-state index in [4.69, 9.17) is 9.47 Å². The predicted molar refractivity (Wildman–Crippen MR) is 87.5 cm³/mol. The maximum absolute atomic E-state index is 13.0. The Bertz CT molecular complexity index is 710. The Morgan fingerprint density at radius 2 is 2.29 bits per heavy atom. The molecule has 2 aliphatic heterocycles. The molecule has 0 aliphatic carbocycles. The van der Waals surface area contributed by atoms with Crippen LogP contribution in [-0.4, -0.2) is 46.4 Å². The SMILES string of the molecule is Cc1nc(CO[C@@H]2CO[C@@]3(CCN(c4ncc(F)cn4)C3)C2)cs1. The first-order chi connectivity index (χ1) is 11.6. The summed E-state index contributed by atoms with van der Waals surface area (Å²) in [7, 11) is 0. The fraction of sp³-hybridized carbons (Fsp3) is 0.562. The minimum absolute atomic E-state index is 0.0843. The molecule has 0 amide bonds. The summed E-state index contributed by atoms with van der Waals surface area (Å²) in [4.78, 5) is 14.6. The second-order valence-electron chi connectivity index (χ2n) is 6.36. The van der Waals surface area contributed by atoms with Crippen molar-refractivity contribution in [2.45, 2.75) is 38.1 Å². The molecule has 2 atom stereocenters. The molecule has 2 aliphatic rings. The molecule has 0 N–H and O–H groups in total. The molecule has 2 fully saturated rings. The van der Waals surface area contributed by atoms with Gasteiger partial charge in [0.1, 0.15) is 0 Å². The van der Waals surface area contributed by atoms with Crippen molar-refractivity contribution in [2.24, 2.45) is 0 Å². The molecule has 8 heteroatoms. The quantitative estimate of drug-likeness (QED) is 0.843. The van der Waals surface area contributed by atoms with Crippen molar-refractivity contribution in [3.05, 3.63) is 34.3 Å². The molecule has 128 valence electrons. The zero-order valence-electron chi connectivity index (χ0n) is 13.4. The van der Waals surface area contributed by atoms with Gasteiger partial charge in [-0.05, 0) is 13.3 Å². The van der Waals surface area contributed by atoms with Crippen LogP contribution in [0, 0.1) is 12.7 Å². The summed E-state index contributed by atoms with van der Waals surface area (Å²) >= 11 is 1.63. The number of hydrogen-bond acceptors (Lipinski definition) is 7. The van der Waals surface area contributed by atoms with Crippen molar-refractivity contribution in [2.75, 3.05) is 24.6 Å². The van der Waals surface area contributed by atoms with Gasteiger partial charge in [0.15, 0.2) is 5.82 Å². The van der Waals surface area contributed by atoms with E-state index in [0.717, 1.165) is 30.1 Å². The Kier molecular flexibility index (Phi) is 4.19. The third-order valence-electron chi connectivity index (χ3n) is 4.51. The van der Waals surface area contributed by atoms with Crippen LogP contribution in [0.15, 0.2) is 17.8 Å². The molecule has 24 heavy (non-hydrogen) atoms. The fourth-order valence-corrected chi connectivity index (χ4v) is 3.95. The first kappa shape index (κ1) is 15.9. The lowest BCUT2D eigenvalue weighted by molar-refractivity contribution is 0.00534. The minimum Gasteiger partial charge on any atom is -0.370 e. The van der Waals surface area contributed by atoms with Crippen LogP contribution in [0.25, 0.3) is 0 Å². The van der Waals surface area contributed by atoms with E-state index in [1.165, 1.54) is 12.4 Å². The minimum atomic E-state index is -0.421. The van der Waals surface area contributed by atoms with Crippen LogP contribution in [0.2, 0.25) is 0 Å². The van der Waals surface area contributed by atoms with Crippen LogP contribution < -0.4 is 4.90 Å². The van der Waals surface area contributed by atoms with Gasteiger partial charge in [-0.25, -0.2) is 19.3 Å². The topological polar surface area (TPSA) is 60.4 Å². The van der Waals surface area contributed by atoms with Gasteiger partial charge in [-0.15, -0.1) is 11.3 Å². The Hall–Kier alpha value is -1.64. The summed E-state index contributed by atoms with van der Waals surface area (Å²) in [6.07, 6.45) is 4.24. The fourth-order valence-electron chi connectivity index (χ4n) is 3.36. The summed E-state index contributed by atoms with van der Waals surface area (Å²) in [5.74, 6) is 0.134. The summed E-state index contributed by atoms with van der Waals surface area (Å²) in [5.41, 5.74) is 0.770. The van der Waals surface area contributed by atoms with Crippen molar-refractivity contribution in [1.29, 1.82) is 0 Å². The molecule has 0 bridgehead atoms. The zero-order valence-corrected chi connectivity index (χ0v) is 14.3. The standard InChI is InChI=1S/C16H19FN4O2S/c1-11-20-13(9-24-11)7-22-14-4-16(23-8-14)2-3-21(10-16)15-18-5-12(17)6-19-15/h5-6,9,14H,2-4,7-8,10H2,1H3/t14-,16-/m0/s1. The van der Waals surface area contributed by atoms with Crippen molar-refractivity contribution in [3.63, 3.8) is 0 Å². The van der Waals surface area contributed by atoms with Crippen LogP contribution >= 0.6 is 11.3 Å². The molecular weight excluding hydrogens is 331 g/mol. The second-order valence-corrected chi connectivity index (χ2v) is 7.42. The lowest BCUT2D eigenvalue weighted by Gasteiger charge is -2.23. The van der Waals surface area contributed by atoms with Gasteiger partial charge in [0.05, 0.1) is 54.6 Å². The average Bonchev–Trinajstić information content (AvgIpc) is 3.28. The van der Waals surface area contributed by atoms with Gasteiger partial charge in [-0.2, -0.15) is 0 Å². The Labute approximate surface area is 143 Å². The van der Waals surface area contributed by atoms with E-state index in [9.17, 15) is 4.39 Å². The number of aromatic nitrogens is 3. The van der Waals surface area contributed by atoms with E-state index >= 15 is 0 Å². The molecule has 4 heterocycles. The van der Waals surface area contributed by atoms with E-state index in [2.05, 4.69) is 15.0 Å². The van der Waals surface area contributed by atoms with E-state index in [1.807, 2.05) is 17.2 Å². The highest BCUT2D eigenvalue weighted by molar-refractivity contribution is 7.09. The average molecular weight is 350 g/mol. The summed E-state index contributed by atoms with van der Waals surface area (Å²) in [6, 6.07) is 0. The number of hydrogen-bond donors (Lipinski definition) is 0. The van der Waals surface area contributed by atoms with Crippen LogP contribution in [0.5, 0.6) is 0 Å². The first-order valence-corrected chi connectivity index (χ1v) is 8.89. The highest BCUT2D eigenvalue weighted by atomic mass is 32.1. The molecule has 0 unspecified atom stereocenters. The number of nitrogens with zero attached hydrogens (tertiary/aromatic N) is 4. The van der Waals surface area contributed by atoms with Crippen molar-refractivity contribution in [3.8, 4) is 0 Å². The lowest BCUT2D eigenvalue weighted by Crippen LogP contribution is -2.33. The molecule has 2 saturated heterocycles. The smallest absolute Gasteiger partial charge is 0.225 e. The van der Waals surface area contributed by atoms with Crippen molar-refractivity contribution >= 4 is 17.3 Å². The van der Waals surface area contributed by atoms with Crippen LogP contribution in [-0.2, 0) is 16.1 Å². The highest BCUT2D eigenvalue weighted by Gasteiger charge is 2.46. The van der Waals surface area contributed by atoms with E-state index in [0.29, 0.717) is 25.7 Å². The number of thiazole rings is 1. The third-order valence-corrected chi connectivity index (χ3v) is 5.34. The third kappa shape index (κ3) is 3.26. The highest BCUT2D eigenvalue weighted by Crippen LogP contribution is 2.37. The van der Waals surface area contributed by atoms with Crippen molar-refractivity contribution < 1.29 is 13.9 Å². The van der Waals surface area contributed by atoms with Gasteiger partial charge in [0, 0.05) is 18.3 Å². The molecule has 0 aromatic carbocycles. The van der Waals surface area contributed by atoms with Gasteiger partial charge in [0.2, 0.25) is 5.95 Å². The lowest BCUT2D eigenvalue weighted by atomic mass is 9.98. The molecule has 6 nitrogen and oxygen atoms in total. The Balaban J connectivity index is 1.33. The predicted octanol–water partition coefficient (Wildman–Crippen LogP) is 2.34. The Morgan fingerprint density at radius 3 is 3.04 bits per heavy atom. The first-order valence-electron chi connectivity index (χ1n) is 8.01. The van der Waals surface area contributed by atoms with Crippen LogP contribution in [0.1, 0.15) is 23.5 Å². The van der Waals surface area contributed by atoms with E-state index < -0.39 is 5.82 Å². The van der Waals surface area contributed by atoms with E-state index in [-0.39, 0.29) is 11.7 Å². The molecule has 1 spiro atoms. The monoisotopic (exact) mass is 350 g/mol. The van der Waals surface area contributed by atoms with Gasteiger partial charge < -0.3 is 14.4 Å². The molecule has 2 aromatic rings.